The van der Waals surface area contributed by atoms with E-state index in [0.29, 0.717) is 13.0 Å². The number of ether oxygens (including phenoxy) is 1. The maximum atomic E-state index is 11.7. The SMILES string of the molecule is Cl.N[C@H](CC(=O)OCc1ccccc1)Cc1ccccc1. The molecule has 0 radical (unpaired) electrons. The number of benzene rings is 2. The molecule has 0 bridgehead atoms. The molecular weight excluding hydrogens is 286 g/mol. The second-order valence-electron chi connectivity index (χ2n) is 4.80. The maximum Gasteiger partial charge on any atom is 0.307 e. The molecule has 0 heterocycles. The average Bonchev–Trinajstić information content (AvgIpc) is 2.47. The molecule has 2 aromatic rings. The fourth-order valence-electron chi connectivity index (χ4n) is 2.00. The van der Waals surface area contributed by atoms with Crippen LogP contribution in [0.3, 0.4) is 0 Å². The zero-order valence-corrected chi connectivity index (χ0v) is 12.6. The monoisotopic (exact) mass is 305 g/mol. The van der Waals surface area contributed by atoms with Crippen molar-refractivity contribution in [1.82, 2.24) is 0 Å². The quantitative estimate of drug-likeness (QED) is 0.834. The molecular formula is C17H20ClNO2. The van der Waals surface area contributed by atoms with Crippen molar-refractivity contribution in [3.8, 4) is 0 Å². The van der Waals surface area contributed by atoms with Gasteiger partial charge in [-0.05, 0) is 17.5 Å². The zero-order chi connectivity index (χ0) is 14.2. The first-order chi connectivity index (χ1) is 9.74. The summed E-state index contributed by atoms with van der Waals surface area (Å²) in [6, 6.07) is 19.3. The molecule has 0 aliphatic carbocycles. The predicted octanol–water partition coefficient (Wildman–Crippen LogP) is 3.11. The minimum Gasteiger partial charge on any atom is -0.461 e. The van der Waals surface area contributed by atoms with E-state index in [2.05, 4.69) is 0 Å². The van der Waals surface area contributed by atoms with Gasteiger partial charge in [0.15, 0.2) is 0 Å². The summed E-state index contributed by atoms with van der Waals surface area (Å²) in [6.07, 6.45) is 0.920. The number of rotatable bonds is 6. The first-order valence-electron chi connectivity index (χ1n) is 6.73. The lowest BCUT2D eigenvalue weighted by Gasteiger charge is -2.11. The zero-order valence-electron chi connectivity index (χ0n) is 11.8. The van der Waals surface area contributed by atoms with E-state index in [1.807, 2.05) is 60.7 Å². The van der Waals surface area contributed by atoms with Gasteiger partial charge in [-0.3, -0.25) is 4.79 Å². The topological polar surface area (TPSA) is 52.3 Å². The number of hydrogen-bond donors (Lipinski definition) is 1. The van der Waals surface area contributed by atoms with E-state index in [1.165, 1.54) is 0 Å². The summed E-state index contributed by atoms with van der Waals surface area (Å²) in [5.74, 6) is -0.253. The van der Waals surface area contributed by atoms with Gasteiger partial charge in [-0.15, -0.1) is 12.4 Å². The van der Waals surface area contributed by atoms with Gasteiger partial charge < -0.3 is 10.5 Å². The van der Waals surface area contributed by atoms with Gasteiger partial charge >= 0.3 is 5.97 Å². The van der Waals surface area contributed by atoms with E-state index >= 15 is 0 Å². The number of carbonyl (C=O) groups is 1. The highest BCUT2D eigenvalue weighted by Gasteiger charge is 2.11. The molecule has 2 rings (SSSR count). The third kappa shape index (κ3) is 6.43. The van der Waals surface area contributed by atoms with Crippen LogP contribution in [0.5, 0.6) is 0 Å². The summed E-state index contributed by atoms with van der Waals surface area (Å²) in [6.45, 7) is 0.303. The van der Waals surface area contributed by atoms with Gasteiger partial charge in [-0.2, -0.15) is 0 Å². The lowest BCUT2D eigenvalue weighted by molar-refractivity contribution is -0.145. The molecule has 0 aromatic heterocycles. The number of halogens is 1. The first kappa shape index (κ1) is 17.2. The third-order valence-electron chi connectivity index (χ3n) is 3.01. The van der Waals surface area contributed by atoms with Crippen LogP contribution in [0.25, 0.3) is 0 Å². The molecule has 0 amide bonds. The summed E-state index contributed by atoms with van der Waals surface area (Å²) in [7, 11) is 0. The smallest absolute Gasteiger partial charge is 0.307 e. The molecule has 21 heavy (non-hydrogen) atoms. The van der Waals surface area contributed by atoms with E-state index < -0.39 is 0 Å². The summed E-state index contributed by atoms with van der Waals surface area (Å²) in [5.41, 5.74) is 8.09. The van der Waals surface area contributed by atoms with E-state index in [4.69, 9.17) is 10.5 Å². The van der Waals surface area contributed by atoms with Crippen molar-refractivity contribution in [1.29, 1.82) is 0 Å². The Morgan fingerprint density at radius 1 is 0.952 bits per heavy atom. The Morgan fingerprint density at radius 3 is 2.05 bits per heavy atom. The molecule has 0 unspecified atom stereocenters. The Balaban J connectivity index is 0.00000220. The van der Waals surface area contributed by atoms with Crippen molar-refractivity contribution in [3.63, 3.8) is 0 Å². The van der Waals surface area contributed by atoms with E-state index in [0.717, 1.165) is 11.1 Å². The largest absolute Gasteiger partial charge is 0.461 e. The molecule has 3 nitrogen and oxygen atoms in total. The Labute approximate surface area is 131 Å². The molecule has 2 aromatic carbocycles. The highest BCUT2D eigenvalue weighted by atomic mass is 35.5. The minimum atomic E-state index is -0.253. The van der Waals surface area contributed by atoms with Crippen LogP contribution in [0.2, 0.25) is 0 Å². The highest BCUT2D eigenvalue weighted by molar-refractivity contribution is 5.85. The summed E-state index contributed by atoms with van der Waals surface area (Å²) in [5, 5.41) is 0. The van der Waals surface area contributed by atoms with Gasteiger partial charge in [-0.25, -0.2) is 0 Å². The van der Waals surface area contributed by atoms with Crippen LogP contribution in [0.4, 0.5) is 0 Å². The normalized spacial score (nSPS) is 11.3. The van der Waals surface area contributed by atoms with E-state index in [1.54, 1.807) is 0 Å². The summed E-state index contributed by atoms with van der Waals surface area (Å²) in [4.78, 5) is 11.7. The fourth-order valence-corrected chi connectivity index (χ4v) is 2.00. The molecule has 0 fully saturated rings. The second-order valence-corrected chi connectivity index (χ2v) is 4.80. The van der Waals surface area contributed by atoms with Crippen molar-refractivity contribution in [2.45, 2.75) is 25.5 Å². The Hall–Kier alpha value is -1.84. The minimum absolute atomic E-state index is 0. The highest BCUT2D eigenvalue weighted by Crippen LogP contribution is 2.06. The fraction of sp³-hybridized carbons (Fsp3) is 0.235. The Bertz CT molecular complexity index is 531. The lowest BCUT2D eigenvalue weighted by atomic mass is 10.0. The van der Waals surface area contributed by atoms with Crippen LogP contribution in [0.1, 0.15) is 17.5 Å². The molecule has 0 saturated heterocycles. The predicted molar refractivity (Wildman–Crippen MR) is 86.2 cm³/mol. The van der Waals surface area contributed by atoms with Gasteiger partial charge in [0.1, 0.15) is 6.61 Å². The van der Waals surface area contributed by atoms with Gasteiger partial charge in [-0.1, -0.05) is 60.7 Å². The van der Waals surface area contributed by atoms with Gasteiger partial charge in [0.05, 0.1) is 6.42 Å². The van der Waals surface area contributed by atoms with Crippen LogP contribution >= 0.6 is 12.4 Å². The van der Waals surface area contributed by atoms with Crippen LogP contribution < -0.4 is 5.73 Å². The lowest BCUT2D eigenvalue weighted by Crippen LogP contribution is -2.27. The molecule has 0 aliphatic heterocycles. The van der Waals surface area contributed by atoms with Crippen molar-refractivity contribution in [2.75, 3.05) is 0 Å². The molecule has 2 N–H and O–H groups in total. The first-order valence-corrected chi connectivity index (χ1v) is 6.73. The summed E-state index contributed by atoms with van der Waals surface area (Å²) >= 11 is 0. The summed E-state index contributed by atoms with van der Waals surface area (Å²) < 4.78 is 5.22. The van der Waals surface area contributed by atoms with E-state index in [-0.39, 0.29) is 30.8 Å². The number of nitrogens with two attached hydrogens (primary N) is 1. The molecule has 0 saturated carbocycles. The third-order valence-corrected chi connectivity index (χ3v) is 3.01. The standard InChI is InChI=1S/C17H19NO2.ClH/c18-16(11-14-7-3-1-4-8-14)12-17(19)20-13-15-9-5-2-6-10-15;/h1-10,16H,11-13,18H2;1H/t16-;/m0./s1. The number of carbonyl (C=O) groups excluding carboxylic acids is 1. The number of hydrogen-bond acceptors (Lipinski definition) is 3. The van der Waals surface area contributed by atoms with Crippen molar-refractivity contribution >= 4 is 18.4 Å². The van der Waals surface area contributed by atoms with Crippen LogP contribution in [-0.2, 0) is 22.6 Å². The van der Waals surface area contributed by atoms with Crippen LogP contribution in [-0.4, -0.2) is 12.0 Å². The number of esters is 1. The van der Waals surface area contributed by atoms with Gasteiger partial charge in [0.25, 0.3) is 0 Å². The Morgan fingerprint density at radius 2 is 1.48 bits per heavy atom. The molecule has 4 heteroatoms. The average molecular weight is 306 g/mol. The van der Waals surface area contributed by atoms with Gasteiger partial charge in [0.2, 0.25) is 0 Å². The second kappa shape index (κ2) is 9.16. The maximum absolute atomic E-state index is 11.7. The van der Waals surface area contributed by atoms with Crippen molar-refractivity contribution in [2.24, 2.45) is 5.73 Å². The van der Waals surface area contributed by atoms with Crippen molar-refractivity contribution in [3.05, 3.63) is 71.8 Å². The molecule has 1 atom stereocenters. The Kier molecular flexibility index (Phi) is 7.51. The molecule has 0 aliphatic rings. The van der Waals surface area contributed by atoms with Crippen LogP contribution in [0, 0.1) is 0 Å². The van der Waals surface area contributed by atoms with Crippen molar-refractivity contribution < 1.29 is 9.53 Å². The van der Waals surface area contributed by atoms with Crippen LogP contribution in [0.15, 0.2) is 60.7 Å². The van der Waals surface area contributed by atoms with Gasteiger partial charge in [0, 0.05) is 6.04 Å². The van der Waals surface area contributed by atoms with E-state index in [9.17, 15) is 4.79 Å². The molecule has 112 valence electrons. The molecule has 0 spiro atoms.